The monoisotopic (exact) mass is 439 g/mol. The van der Waals surface area contributed by atoms with E-state index in [1.807, 2.05) is 26.0 Å². The molecule has 0 spiro atoms. The fourth-order valence-electron chi connectivity index (χ4n) is 3.32. The number of rotatable bonds is 7. The number of carbonyl (C=O) groups excluding carboxylic acids is 2. The molecular weight excluding hydrogens is 416 g/mol. The molecule has 1 atom stereocenters. The second-order valence-electron chi connectivity index (χ2n) is 7.69. The van der Waals surface area contributed by atoms with Gasteiger partial charge in [0.25, 0.3) is 11.8 Å². The van der Waals surface area contributed by atoms with Crippen molar-refractivity contribution in [2.75, 3.05) is 11.9 Å². The van der Waals surface area contributed by atoms with Gasteiger partial charge < -0.3 is 15.7 Å². The molecule has 32 heavy (non-hydrogen) atoms. The number of nitrogens with one attached hydrogen (secondary N) is 2. The van der Waals surface area contributed by atoms with E-state index in [0.717, 1.165) is 17.7 Å². The maximum absolute atomic E-state index is 13.3. The largest absolute Gasteiger partial charge is 0.507 e. The number of aromatic hydroxyl groups is 1. The third kappa shape index (κ3) is 5.66. The summed E-state index contributed by atoms with van der Waals surface area (Å²) < 4.78 is 26.6. The van der Waals surface area contributed by atoms with Gasteiger partial charge in [-0.3, -0.25) is 14.6 Å². The van der Waals surface area contributed by atoms with Crippen LogP contribution in [0.5, 0.6) is 5.75 Å². The van der Waals surface area contributed by atoms with E-state index in [-0.39, 0.29) is 34.4 Å². The van der Waals surface area contributed by atoms with Crippen LogP contribution in [0, 0.1) is 17.6 Å². The molecule has 2 aromatic carbocycles. The van der Waals surface area contributed by atoms with Crippen molar-refractivity contribution in [1.29, 1.82) is 0 Å². The van der Waals surface area contributed by atoms with Crippen molar-refractivity contribution < 1.29 is 23.5 Å². The third-order valence-corrected chi connectivity index (χ3v) is 5.02. The van der Waals surface area contributed by atoms with Gasteiger partial charge in [-0.25, -0.2) is 8.78 Å². The van der Waals surface area contributed by atoms with Gasteiger partial charge in [-0.15, -0.1) is 0 Å². The maximum atomic E-state index is 13.3. The molecule has 0 fully saturated rings. The predicted molar refractivity (Wildman–Crippen MR) is 117 cm³/mol. The summed E-state index contributed by atoms with van der Waals surface area (Å²) in [5.74, 6) is -3.03. The Morgan fingerprint density at radius 1 is 1.03 bits per heavy atom. The van der Waals surface area contributed by atoms with E-state index in [2.05, 4.69) is 15.6 Å². The Morgan fingerprint density at radius 3 is 2.34 bits per heavy atom. The first-order chi connectivity index (χ1) is 15.2. The molecule has 0 saturated carbocycles. The standard InChI is InChI=1S/C24H23F2N3O3/c1-14(2)21(15-4-3-7-27-12-15)13-28-24(32)20-6-5-19(11-22(20)30)29-23(31)16-8-17(25)10-18(26)9-16/h3-12,14,21,30H,13H2,1-2H3,(H,28,32)(H,29,31). The van der Waals surface area contributed by atoms with E-state index in [1.54, 1.807) is 12.4 Å². The first kappa shape index (κ1) is 22.9. The number of hydrogen-bond acceptors (Lipinski definition) is 4. The van der Waals surface area contributed by atoms with E-state index in [0.29, 0.717) is 12.6 Å². The van der Waals surface area contributed by atoms with Gasteiger partial charge >= 0.3 is 0 Å². The number of anilines is 1. The molecule has 3 rings (SSSR count). The van der Waals surface area contributed by atoms with Crippen LogP contribution in [0.1, 0.15) is 46.0 Å². The number of benzene rings is 2. The number of nitrogens with zero attached hydrogens (tertiary/aromatic N) is 1. The van der Waals surface area contributed by atoms with Gasteiger partial charge in [0.05, 0.1) is 5.56 Å². The van der Waals surface area contributed by atoms with Crippen LogP contribution in [-0.2, 0) is 0 Å². The predicted octanol–water partition coefficient (Wildman–Crippen LogP) is 4.49. The van der Waals surface area contributed by atoms with Crippen molar-refractivity contribution in [2.45, 2.75) is 19.8 Å². The number of phenolic OH excluding ortho intramolecular Hbond substituents is 1. The SMILES string of the molecule is CC(C)C(CNC(=O)c1ccc(NC(=O)c2cc(F)cc(F)c2)cc1O)c1cccnc1. The molecule has 1 aromatic heterocycles. The first-order valence-electron chi connectivity index (χ1n) is 10.0. The highest BCUT2D eigenvalue weighted by atomic mass is 19.1. The van der Waals surface area contributed by atoms with Crippen LogP contribution in [0.25, 0.3) is 0 Å². The Balaban J connectivity index is 1.67. The lowest BCUT2D eigenvalue weighted by Gasteiger charge is -2.21. The Hall–Kier alpha value is -3.81. The van der Waals surface area contributed by atoms with E-state index in [9.17, 15) is 23.5 Å². The smallest absolute Gasteiger partial charge is 0.255 e. The molecule has 1 heterocycles. The highest BCUT2D eigenvalue weighted by Gasteiger charge is 2.19. The number of aromatic nitrogens is 1. The Kier molecular flexibility index (Phi) is 7.14. The second kappa shape index (κ2) is 10.00. The van der Waals surface area contributed by atoms with Crippen LogP contribution in [-0.4, -0.2) is 28.4 Å². The van der Waals surface area contributed by atoms with Gasteiger partial charge in [0, 0.05) is 48.2 Å². The van der Waals surface area contributed by atoms with E-state index in [1.165, 1.54) is 18.2 Å². The molecule has 6 nitrogen and oxygen atoms in total. The lowest BCUT2D eigenvalue weighted by Crippen LogP contribution is -2.30. The summed E-state index contributed by atoms with van der Waals surface area (Å²) in [5, 5.41) is 15.5. The number of hydrogen-bond donors (Lipinski definition) is 3. The number of phenols is 1. The quantitative estimate of drug-likeness (QED) is 0.506. The van der Waals surface area contributed by atoms with E-state index in [4.69, 9.17) is 0 Å². The normalized spacial score (nSPS) is 11.8. The molecule has 0 radical (unpaired) electrons. The second-order valence-corrected chi connectivity index (χ2v) is 7.69. The van der Waals surface area contributed by atoms with E-state index >= 15 is 0 Å². The molecule has 0 aliphatic carbocycles. The molecular formula is C24H23F2N3O3. The van der Waals surface area contributed by atoms with Crippen molar-refractivity contribution in [3.63, 3.8) is 0 Å². The zero-order valence-corrected chi connectivity index (χ0v) is 17.6. The summed E-state index contributed by atoms with van der Waals surface area (Å²) in [6.45, 7) is 4.44. The van der Waals surface area contributed by atoms with Crippen LogP contribution >= 0.6 is 0 Å². The first-order valence-corrected chi connectivity index (χ1v) is 10.0. The summed E-state index contributed by atoms with van der Waals surface area (Å²) in [6, 6.07) is 10.2. The lowest BCUT2D eigenvalue weighted by molar-refractivity contribution is 0.0946. The molecule has 3 aromatic rings. The fraction of sp³-hybridized carbons (Fsp3) is 0.208. The van der Waals surface area contributed by atoms with Crippen LogP contribution in [0.15, 0.2) is 60.9 Å². The lowest BCUT2D eigenvalue weighted by atomic mass is 9.89. The number of halogens is 2. The number of carbonyl (C=O) groups is 2. The highest BCUT2D eigenvalue weighted by Crippen LogP contribution is 2.25. The Bertz CT molecular complexity index is 1100. The van der Waals surface area contributed by atoms with Gasteiger partial charge in [0.2, 0.25) is 0 Å². The summed E-state index contributed by atoms with van der Waals surface area (Å²) >= 11 is 0. The van der Waals surface area contributed by atoms with Crippen LogP contribution < -0.4 is 10.6 Å². The summed E-state index contributed by atoms with van der Waals surface area (Å²) in [4.78, 5) is 28.9. The molecule has 1 unspecified atom stereocenters. The van der Waals surface area contributed by atoms with Crippen molar-refractivity contribution in [2.24, 2.45) is 5.92 Å². The Labute approximate surface area is 184 Å². The van der Waals surface area contributed by atoms with Gasteiger partial charge in [0.15, 0.2) is 0 Å². The van der Waals surface area contributed by atoms with Crippen molar-refractivity contribution >= 4 is 17.5 Å². The fourth-order valence-corrected chi connectivity index (χ4v) is 3.32. The maximum Gasteiger partial charge on any atom is 0.255 e. The highest BCUT2D eigenvalue weighted by molar-refractivity contribution is 6.05. The average Bonchev–Trinajstić information content (AvgIpc) is 2.73. The summed E-state index contributed by atoms with van der Waals surface area (Å²) in [5.41, 5.74) is 0.996. The van der Waals surface area contributed by atoms with Crippen LogP contribution in [0.4, 0.5) is 14.5 Å². The molecule has 166 valence electrons. The number of amides is 2. The van der Waals surface area contributed by atoms with Crippen molar-refractivity contribution in [1.82, 2.24) is 10.3 Å². The minimum Gasteiger partial charge on any atom is -0.507 e. The van der Waals surface area contributed by atoms with Crippen molar-refractivity contribution in [3.05, 3.63) is 89.2 Å². The molecule has 0 aliphatic rings. The van der Waals surface area contributed by atoms with Crippen LogP contribution in [0.2, 0.25) is 0 Å². The minimum absolute atomic E-state index is 0.0356. The van der Waals surface area contributed by atoms with Gasteiger partial charge in [0.1, 0.15) is 17.4 Å². The summed E-state index contributed by atoms with van der Waals surface area (Å²) in [6.07, 6.45) is 3.44. The zero-order chi connectivity index (χ0) is 23.3. The topological polar surface area (TPSA) is 91.3 Å². The minimum atomic E-state index is -0.879. The Morgan fingerprint density at radius 2 is 1.75 bits per heavy atom. The van der Waals surface area contributed by atoms with E-state index < -0.39 is 23.4 Å². The zero-order valence-electron chi connectivity index (χ0n) is 17.6. The third-order valence-electron chi connectivity index (χ3n) is 5.02. The van der Waals surface area contributed by atoms with Gasteiger partial charge in [-0.1, -0.05) is 19.9 Å². The molecule has 0 bridgehead atoms. The van der Waals surface area contributed by atoms with Crippen molar-refractivity contribution in [3.8, 4) is 5.75 Å². The van der Waals surface area contributed by atoms with Gasteiger partial charge in [-0.05, 0) is 41.8 Å². The molecule has 2 amide bonds. The molecule has 0 aliphatic heterocycles. The summed E-state index contributed by atoms with van der Waals surface area (Å²) in [7, 11) is 0. The van der Waals surface area contributed by atoms with Gasteiger partial charge in [-0.2, -0.15) is 0 Å². The average molecular weight is 439 g/mol. The molecule has 8 heteroatoms. The molecule has 3 N–H and O–H groups in total. The van der Waals surface area contributed by atoms with Crippen LogP contribution in [0.3, 0.4) is 0 Å². The number of pyridine rings is 1. The molecule has 0 saturated heterocycles.